The minimum atomic E-state index is 0.0748. The molecule has 0 amide bonds. The van der Waals surface area contributed by atoms with Crippen molar-refractivity contribution in [2.24, 2.45) is 5.92 Å². The van der Waals surface area contributed by atoms with Crippen molar-refractivity contribution >= 4 is 17.4 Å². The number of rotatable bonds is 6. The first kappa shape index (κ1) is 17.3. The molecule has 0 aromatic heterocycles. The molecule has 22 heavy (non-hydrogen) atoms. The fourth-order valence-corrected chi connectivity index (χ4v) is 2.57. The topological polar surface area (TPSA) is 32.8 Å². The molecule has 0 spiro atoms. The van der Waals surface area contributed by atoms with Crippen LogP contribution in [0.1, 0.15) is 24.2 Å². The SMILES string of the molecule is CC(C)COc1ccc(Cl)cc1C(=O)CN1CCN(C)CC1. The molecule has 1 aromatic rings. The smallest absolute Gasteiger partial charge is 0.180 e. The minimum Gasteiger partial charge on any atom is -0.493 e. The third kappa shape index (κ3) is 4.97. The van der Waals surface area contributed by atoms with Gasteiger partial charge in [-0.05, 0) is 31.2 Å². The molecule has 0 aliphatic carbocycles. The van der Waals surface area contributed by atoms with Gasteiger partial charge in [0.2, 0.25) is 0 Å². The van der Waals surface area contributed by atoms with Gasteiger partial charge in [0.15, 0.2) is 5.78 Å². The van der Waals surface area contributed by atoms with Crippen LogP contribution in [0.2, 0.25) is 5.02 Å². The van der Waals surface area contributed by atoms with Crippen LogP contribution in [0.25, 0.3) is 0 Å². The third-order valence-electron chi connectivity index (χ3n) is 3.78. The normalized spacial score (nSPS) is 17.0. The van der Waals surface area contributed by atoms with E-state index in [1.807, 2.05) is 0 Å². The summed E-state index contributed by atoms with van der Waals surface area (Å²) in [5.74, 6) is 1.12. The molecule has 0 atom stereocenters. The first-order chi connectivity index (χ1) is 10.5. The van der Waals surface area contributed by atoms with Gasteiger partial charge in [-0.15, -0.1) is 0 Å². The van der Waals surface area contributed by atoms with Crippen molar-refractivity contribution in [2.45, 2.75) is 13.8 Å². The molecule has 5 heteroatoms. The molecule has 4 nitrogen and oxygen atoms in total. The lowest BCUT2D eigenvalue weighted by Gasteiger charge is -2.31. The molecule has 0 unspecified atom stereocenters. The minimum absolute atomic E-state index is 0.0748. The van der Waals surface area contributed by atoms with E-state index in [9.17, 15) is 4.79 Å². The molecule has 1 saturated heterocycles. The molecular weight excluding hydrogens is 300 g/mol. The summed E-state index contributed by atoms with van der Waals surface area (Å²) in [6.07, 6.45) is 0. The van der Waals surface area contributed by atoms with Crippen LogP contribution in [0, 0.1) is 5.92 Å². The Morgan fingerprint density at radius 2 is 1.95 bits per heavy atom. The zero-order valence-corrected chi connectivity index (χ0v) is 14.4. The lowest BCUT2D eigenvalue weighted by molar-refractivity contribution is 0.0872. The lowest BCUT2D eigenvalue weighted by atomic mass is 10.1. The summed E-state index contributed by atoms with van der Waals surface area (Å²) in [7, 11) is 2.11. The van der Waals surface area contributed by atoms with Crippen LogP contribution in [-0.4, -0.2) is 62.0 Å². The van der Waals surface area contributed by atoms with Gasteiger partial charge in [-0.1, -0.05) is 25.4 Å². The predicted octanol–water partition coefficient (Wildman–Crippen LogP) is 2.80. The van der Waals surface area contributed by atoms with Gasteiger partial charge >= 0.3 is 0 Å². The van der Waals surface area contributed by atoms with Crippen molar-refractivity contribution < 1.29 is 9.53 Å². The summed E-state index contributed by atoms with van der Waals surface area (Å²) in [5.41, 5.74) is 0.590. The standard InChI is InChI=1S/C17H25ClN2O2/c1-13(2)12-22-17-5-4-14(18)10-15(17)16(21)11-20-8-6-19(3)7-9-20/h4-5,10,13H,6-9,11-12H2,1-3H3. The maximum Gasteiger partial charge on any atom is 0.180 e. The van der Waals surface area contributed by atoms with Gasteiger partial charge in [0.1, 0.15) is 5.75 Å². The molecular formula is C17H25ClN2O2. The van der Waals surface area contributed by atoms with E-state index >= 15 is 0 Å². The van der Waals surface area contributed by atoms with Gasteiger partial charge in [0, 0.05) is 31.2 Å². The summed E-state index contributed by atoms with van der Waals surface area (Å²) in [4.78, 5) is 17.1. The van der Waals surface area contributed by atoms with Crippen molar-refractivity contribution in [3.05, 3.63) is 28.8 Å². The van der Waals surface area contributed by atoms with E-state index in [4.69, 9.17) is 16.3 Å². The highest BCUT2D eigenvalue weighted by Crippen LogP contribution is 2.24. The van der Waals surface area contributed by atoms with E-state index in [2.05, 4.69) is 30.7 Å². The number of carbonyl (C=O) groups is 1. The Kier molecular flexibility index (Phi) is 6.24. The lowest BCUT2D eigenvalue weighted by Crippen LogP contribution is -2.46. The monoisotopic (exact) mass is 324 g/mol. The van der Waals surface area contributed by atoms with Gasteiger partial charge in [-0.25, -0.2) is 0 Å². The number of likely N-dealkylation sites (N-methyl/N-ethyl adjacent to an activating group) is 1. The first-order valence-corrected chi connectivity index (χ1v) is 8.20. The predicted molar refractivity (Wildman–Crippen MR) is 90.1 cm³/mol. The zero-order chi connectivity index (χ0) is 16.1. The van der Waals surface area contributed by atoms with Crippen LogP contribution in [0.3, 0.4) is 0 Å². The van der Waals surface area contributed by atoms with Crippen molar-refractivity contribution in [2.75, 3.05) is 46.4 Å². The molecule has 0 radical (unpaired) electrons. The second kappa shape index (κ2) is 7.95. The molecule has 1 heterocycles. The van der Waals surface area contributed by atoms with Crippen LogP contribution in [0.4, 0.5) is 0 Å². The average Bonchev–Trinajstić information content (AvgIpc) is 2.48. The van der Waals surface area contributed by atoms with E-state index < -0.39 is 0 Å². The number of hydrogen-bond donors (Lipinski definition) is 0. The van der Waals surface area contributed by atoms with Crippen LogP contribution >= 0.6 is 11.6 Å². The summed E-state index contributed by atoms with van der Waals surface area (Å²) >= 11 is 6.06. The molecule has 0 bridgehead atoms. The summed E-state index contributed by atoms with van der Waals surface area (Å²) in [5, 5.41) is 0.568. The maximum absolute atomic E-state index is 12.6. The van der Waals surface area contributed by atoms with E-state index in [-0.39, 0.29) is 5.78 Å². The summed E-state index contributed by atoms with van der Waals surface area (Å²) in [6, 6.07) is 5.28. The van der Waals surface area contributed by atoms with Crippen LogP contribution in [0.15, 0.2) is 18.2 Å². The number of halogens is 1. The van der Waals surface area contributed by atoms with Gasteiger partial charge in [-0.3, -0.25) is 9.69 Å². The number of ketones is 1. The highest BCUT2D eigenvalue weighted by Gasteiger charge is 2.20. The summed E-state index contributed by atoms with van der Waals surface area (Å²) < 4.78 is 5.77. The number of nitrogens with zero attached hydrogens (tertiary/aromatic N) is 2. The fraction of sp³-hybridized carbons (Fsp3) is 0.588. The number of piperazine rings is 1. The molecule has 122 valence electrons. The Labute approximate surface area is 138 Å². The maximum atomic E-state index is 12.6. The van der Waals surface area contributed by atoms with E-state index in [1.165, 1.54) is 0 Å². The Bertz CT molecular complexity index is 511. The largest absolute Gasteiger partial charge is 0.493 e. The average molecular weight is 325 g/mol. The Morgan fingerprint density at radius 1 is 1.27 bits per heavy atom. The third-order valence-corrected chi connectivity index (χ3v) is 4.01. The Hall–Kier alpha value is -1.10. The zero-order valence-electron chi connectivity index (χ0n) is 13.6. The Balaban J connectivity index is 2.05. The molecule has 1 fully saturated rings. The van der Waals surface area contributed by atoms with Crippen molar-refractivity contribution in [3.63, 3.8) is 0 Å². The quantitative estimate of drug-likeness (QED) is 0.753. The van der Waals surface area contributed by atoms with E-state index in [1.54, 1.807) is 18.2 Å². The Morgan fingerprint density at radius 3 is 2.59 bits per heavy atom. The number of ether oxygens (including phenoxy) is 1. The first-order valence-electron chi connectivity index (χ1n) is 7.82. The van der Waals surface area contributed by atoms with Gasteiger partial charge in [0.05, 0.1) is 18.7 Å². The number of hydrogen-bond acceptors (Lipinski definition) is 4. The molecule has 1 aliphatic rings. The molecule has 1 aromatic carbocycles. The highest BCUT2D eigenvalue weighted by atomic mass is 35.5. The van der Waals surface area contributed by atoms with Gasteiger partial charge < -0.3 is 9.64 Å². The van der Waals surface area contributed by atoms with Crippen molar-refractivity contribution in [1.82, 2.24) is 9.80 Å². The molecule has 2 rings (SSSR count). The van der Waals surface area contributed by atoms with Crippen LogP contribution in [0.5, 0.6) is 5.75 Å². The van der Waals surface area contributed by atoms with E-state index in [0.717, 1.165) is 26.2 Å². The molecule has 1 aliphatic heterocycles. The molecule has 0 N–H and O–H groups in total. The van der Waals surface area contributed by atoms with Gasteiger partial charge in [0.25, 0.3) is 0 Å². The van der Waals surface area contributed by atoms with Gasteiger partial charge in [-0.2, -0.15) is 0 Å². The number of Topliss-reactive ketones (excluding diaryl/α,β-unsaturated/α-hetero) is 1. The summed E-state index contributed by atoms with van der Waals surface area (Å²) in [6.45, 7) is 9.03. The number of benzene rings is 1. The second-order valence-electron chi connectivity index (χ2n) is 6.35. The molecule has 0 saturated carbocycles. The highest BCUT2D eigenvalue weighted by molar-refractivity contribution is 6.31. The number of carbonyl (C=O) groups excluding carboxylic acids is 1. The van der Waals surface area contributed by atoms with E-state index in [0.29, 0.717) is 35.4 Å². The van der Waals surface area contributed by atoms with Crippen LogP contribution in [-0.2, 0) is 0 Å². The fourth-order valence-electron chi connectivity index (χ4n) is 2.40. The van der Waals surface area contributed by atoms with Crippen molar-refractivity contribution in [1.29, 1.82) is 0 Å². The van der Waals surface area contributed by atoms with Crippen molar-refractivity contribution in [3.8, 4) is 5.75 Å². The second-order valence-corrected chi connectivity index (χ2v) is 6.78. The van der Waals surface area contributed by atoms with Crippen LogP contribution < -0.4 is 4.74 Å².